The molecule has 6 heteroatoms. The monoisotopic (exact) mass is 443 g/mol. The summed E-state index contributed by atoms with van der Waals surface area (Å²) < 4.78 is 10.9. The SMILES string of the molecule is CCOc1cccc(/C(O)=C2/C(=O)C(=O)N(c3ccccc3C)C2c2cccc(OC)c2)c1. The number of carbonyl (C=O) groups is 2. The molecule has 1 aliphatic heterocycles. The van der Waals surface area contributed by atoms with Gasteiger partial charge in [0.1, 0.15) is 17.3 Å². The van der Waals surface area contributed by atoms with Crippen LogP contribution in [-0.2, 0) is 9.59 Å². The van der Waals surface area contributed by atoms with Crippen molar-refractivity contribution < 1.29 is 24.2 Å². The van der Waals surface area contributed by atoms with Gasteiger partial charge in [0.25, 0.3) is 11.7 Å². The van der Waals surface area contributed by atoms with Crippen LogP contribution in [0.15, 0.2) is 78.4 Å². The van der Waals surface area contributed by atoms with Crippen molar-refractivity contribution in [3.8, 4) is 11.5 Å². The lowest BCUT2D eigenvalue weighted by atomic mass is 9.94. The van der Waals surface area contributed by atoms with E-state index in [-0.39, 0.29) is 11.3 Å². The normalized spacial score (nSPS) is 17.3. The van der Waals surface area contributed by atoms with E-state index in [0.29, 0.717) is 34.9 Å². The maximum atomic E-state index is 13.3. The van der Waals surface area contributed by atoms with Crippen LogP contribution in [0.5, 0.6) is 11.5 Å². The van der Waals surface area contributed by atoms with E-state index < -0.39 is 17.7 Å². The molecule has 168 valence electrons. The first-order chi connectivity index (χ1) is 16.0. The van der Waals surface area contributed by atoms with Gasteiger partial charge < -0.3 is 14.6 Å². The molecule has 1 aliphatic rings. The number of hydrogen-bond donors (Lipinski definition) is 1. The standard InChI is InChI=1S/C27H25NO5/c1-4-33-21-13-8-11-19(16-21)25(29)23-24(18-10-7-12-20(15-18)32-3)28(27(31)26(23)30)22-14-6-5-9-17(22)2/h5-16,24,29H,4H2,1-3H3/b25-23-. The summed E-state index contributed by atoms with van der Waals surface area (Å²) in [5.41, 5.74) is 2.52. The van der Waals surface area contributed by atoms with Gasteiger partial charge >= 0.3 is 0 Å². The van der Waals surface area contributed by atoms with Gasteiger partial charge in [0.15, 0.2) is 0 Å². The van der Waals surface area contributed by atoms with Crippen LogP contribution in [-0.4, -0.2) is 30.5 Å². The van der Waals surface area contributed by atoms with E-state index in [1.165, 1.54) is 4.90 Å². The molecule has 1 atom stereocenters. The smallest absolute Gasteiger partial charge is 0.300 e. The molecule has 4 rings (SSSR count). The summed E-state index contributed by atoms with van der Waals surface area (Å²) in [6.45, 7) is 4.21. The second-order valence-electron chi connectivity index (χ2n) is 7.69. The van der Waals surface area contributed by atoms with E-state index in [2.05, 4.69) is 0 Å². The Hall–Kier alpha value is -4.06. The van der Waals surface area contributed by atoms with Crippen molar-refractivity contribution in [1.82, 2.24) is 0 Å². The third kappa shape index (κ3) is 4.07. The van der Waals surface area contributed by atoms with E-state index in [1.54, 1.807) is 55.6 Å². The predicted octanol–water partition coefficient (Wildman–Crippen LogP) is 5.03. The summed E-state index contributed by atoms with van der Waals surface area (Å²) >= 11 is 0. The first-order valence-electron chi connectivity index (χ1n) is 10.7. The van der Waals surface area contributed by atoms with E-state index in [4.69, 9.17) is 9.47 Å². The number of anilines is 1. The van der Waals surface area contributed by atoms with Crippen molar-refractivity contribution >= 4 is 23.1 Å². The zero-order chi connectivity index (χ0) is 23.5. The van der Waals surface area contributed by atoms with Crippen molar-refractivity contribution in [2.24, 2.45) is 0 Å². The largest absolute Gasteiger partial charge is 0.507 e. The molecule has 3 aromatic rings. The third-order valence-electron chi connectivity index (χ3n) is 5.65. The Labute approximate surface area is 192 Å². The van der Waals surface area contributed by atoms with Crippen LogP contribution in [0.1, 0.15) is 29.7 Å². The summed E-state index contributed by atoms with van der Waals surface area (Å²) in [5.74, 6) is -0.544. The average molecular weight is 443 g/mol. The van der Waals surface area contributed by atoms with E-state index in [1.807, 2.05) is 38.1 Å². The fourth-order valence-corrected chi connectivity index (χ4v) is 4.10. The maximum absolute atomic E-state index is 13.3. The van der Waals surface area contributed by atoms with Crippen molar-refractivity contribution in [2.75, 3.05) is 18.6 Å². The molecule has 0 spiro atoms. The van der Waals surface area contributed by atoms with Crippen LogP contribution >= 0.6 is 0 Å². The van der Waals surface area contributed by atoms with Gasteiger partial charge in [-0.2, -0.15) is 0 Å². The molecule has 0 saturated carbocycles. The zero-order valence-electron chi connectivity index (χ0n) is 18.7. The van der Waals surface area contributed by atoms with Gasteiger partial charge in [0, 0.05) is 11.3 Å². The minimum absolute atomic E-state index is 0.0187. The van der Waals surface area contributed by atoms with Crippen LogP contribution in [0.4, 0.5) is 5.69 Å². The molecular weight excluding hydrogens is 418 g/mol. The topological polar surface area (TPSA) is 76.1 Å². The highest BCUT2D eigenvalue weighted by Gasteiger charge is 2.47. The number of amides is 1. The molecule has 0 bridgehead atoms. The first-order valence-corrected chi connectivity index (χ1v) is 10.7. The highest BCUT2D eigenvalue weighted by Crippen LogP contribution is 2.43. The van der Waals surface area contributed by atoms with E-state index in [9.17, 15) is 14.7 Å². The molecule has 1 N–H and O–H groups in total. The number of benzene rings is 3. The van der Waals surface area contributed by atoms with Gasteiger partial charge in [-0.1, -0.05) is 42.5 Å². The Morgan fingerprint density at radius 3 is 2.42 bits per heavy atom. The van der Waals surface area contributed by atoms with E-state index >= 15 is 0 Å². The molecule has 1 amide bonds. The first kappa shape index (κ1) is 22.1. The lowest BCUT2D eigenvalue weighted by Gasteiger charge is -2.27. The zero-order valence-corrected chi connectivity index (χ0v) is 18.7. The van der Waals surface area contributed by atoms with E-state index in [0.717, 1.165) is 5.56 Å². The number of aliphatic hydroxyl groups is 1. The van der Waals surface area contributed by atoms with Crippen molar-refractivity contribution in [3.05, 3.63) is 95.1 Å². The Morgan fingerprint density at radius 2 is 1.70 bits per heavy atom. The predicted molar refractivity (Wildman–Crippen MR) is 127 cm³/mol. The molecule has 0 aromatic heterocycles. The Balaban J connectivity index is 1.95. The highest BCUT2D eigenvalue weighted by molar-refractivity contribution is 6.51. The molecule has 3 aromatic carbocycles. The summed E-state index contributed by atoms with van der Waals surface area (Å²) in [6, 6.07) is 20.5. The van der Waals surface area contributed by atoms with Crippen molar-refractivity contribution in [1.29, 1.82) is 0 Å². The number of nitrogens with zero attached hydrogens (tertiary/aromatic N) is 1. The second-order valence-corrected chi connectivity index (χ2v) is 7.69. The molecule has 1 fully saturated rings. The molecule has 1 unspecified atom stereocenters. The minimum Gasteiger partial charge on any atom is -0.507 e. The number of aliphatic hydroxyl groups excluding tert-OH is 1. The number of methoxy groups -OCH3 is 1. The van der Waals surface area contributed by atoms with Gasteiger partial charge in [0.2, 0.25) is 0 Å². The molecule has 1 saturated heterocycles. The quantitative estimate of drug-likeness (QED) is 0.329. The summed E-state index contributed by atoms with van der Waals surface area (Å²) in [7, 11) is 1.55. The van der Waals surface area contributed by atoms with Crippen LogP contribution in [0.25, 0.3) is 5.76 Å². The lowest BCUT2D eigenvalue weighted by molar-refractivity contribution is -0.132. The number of Topliss-reactive ketones (excluding diaryl/α,β-unsaturated/α-hetero) is 1. The minimum atomic E-state index is -0.822. The number of rotatable bonds is 6. The van der Waals surface area contributed by atoms with Crippen LogP contribution in [0, 0.1) is 6.92 Å². The molecule has 0 aliphatic carbocycles. The summed E-state index contributed by atoms with van der Waals surface area (Å²) in [6.07, 6.45) is 0. The average Bonchev–Trinajstić information content (AvgIpc) is 3.10. The Kier molecular flexibility index (Phi) is 6.18. The van der Waals surface area contributed by atoms with Crippen molar-refractivity contribution in [3.63, 3.8) is 0 Å². The number of para-hydroxylation sites is 1. The molecular formula is C27H25NO5. The fraction of sp³-hybridized carbons (Fsp3) is 0.185. The van der Waals surface area contributed by atoms with Gasteiger partial charge in [-0.15, -0.1) is 0 Å². The Morgan fingerprint density at radius 1 is 0.970 bits per heavy atom. The summed E-state index contributed by atoms with van der Waals surface area (Å²) in [4.78, 5) is 28.0. The van der Waals surface area contributed by atoms with Gasteiger partial charge in [-0.3, -0.25) is 14.5 Å². The van der Waals surface area contributed by atoms with Crippen molar-refractivity contribution in [2.45, 2.75) is 19.9 Å². The highest BCUT2D eigenvalue weighted by atomic mass is 16.5. The van der Waals surface area contributed by atoms with Gasteiger partial charge in [-0.05, 0) is 55.3 Å². The molecule has 33 heavy (non-hydrogen) atoms. The number of ether oxygens (including phenoxy) is 2. The molecule has 6 nitrogen and oxygen atoms in total. The summed E-state index contributed by atoms with van der Waals surface area (Å²) in [5, 5.41) is 11.3. The Bertz CT molecular complexity index is 1250. The number of aryl methyl sites for hydroxylation is 1. The third-order valence-corrected chi connectivity index (χ3v) is 5.65. The number of hydrogen-bond acceptors (Lipinski definition) is 5. The van der Waals surface area contributed by atoms with Crippen LogP contribution < -0.4 is 14.4 Å². The van der Waals surface area contributed by atoms with Gasteiger partial charge in [-0.25, -0.2) is 0 Å². The fourth-order valence-electron chi connectivity index (χ4n) is 4.10. The number of carbonyl (C=O) groups excluding carboxylic acids is 2. The number of ketones is 1. The second kappa shape index (κ2) is 9.20. The van der Waals surface area contributed by atoms with Gasteiger partial charge in [0.05, 0.1) is 25.3 Å². The molecule has 0 radical (unpaired) electrons. The maximum Gasteiger partial charge on any atom is 0.300 e. The van der Waals surface area contributed by atoms with Crippen LogP contribution in [0.2, 0.25) is 0 Å². The van der Waals surface area contributed by atoms with Crippen LogP contribution in [0.3, 0.4) is 0 Å². The molecule has 1 heterocycles. The lowest BCUT2D eigenvalue weighted by Crippen LogP contribution is -2.30.